The number of ketones is 1. The number of allylic oxidation sites excluding steroid dienone is 1. The summed E-state index contributed by atoms with van der Waals surface area (Å²) in [6, 6.07) is 11.6. The fourth-order valence-corrected chi connectivity index (χ4v) is 7.85. The molecular weight excluding hydrogens is 718 g/mol. The number of carbonyl (C=O) groups excluding carboxylic acids is 5. The number of nitrogens with one attached hydrogen (secondary N) is 3. The van der Waals surface area contributed by atoms with E-state index in [0.29, 0.717) is 25.7 Å². The zero-order chi connectivity index (χ0) is 40.2. The number of carboxylic acid groups (broad SMARTS) is 1. The summed E-state index contributed by atoms with van der Waals surface area (Å²) >= 11 is 0. The molecule has 2 fully saturated rings. The molecule has 2 aromatic carbocycles. The molecule has 2 aromatic rings. The molecule has 15 nitrogen and oxygen atoms in total. The van der Waals surface area contributed by atoms with Gasteiger partial charge >= 0.3 is 12.1 Å². The average Bonchev–Trinajstić information content (AvgIpc) is 3.80. The Bertz CT molecular complexity index is 1780. The molecule has 0 saturated carbocycles. The first-order valence-corrected chi connectivity index (χ1v) is 19.4. The molecule has 5 rings (SSSR count). The van der Waals surface area contributed by atoms with Gasteiger partial charge in [0.15, 0.2) is 11.7 Å². The molecule has 2 heterocycles. The van der Waals surface area contributed by atoms with Gasteiger partial charge < -0.3 is 42.2 Å². The Kier molecular flexibility index (Phi) is 14.6. The van der Waals surface area contributed by atoms with Crippen LogP contribution in [-0.2, 0) is 28.7 Å². The number of benzene rings is 2. The lowest BCUT2D eigenvalue weighted by Gasteiger charge is -2.30. The highest BCUT2D eigenvalue weighted by Gasteiger charge is 2.40. The van der Waals surface area contributed by atoms with Gasteiger partial charge in [0.25, 0.3) is 0 Å². The Morgan fingerprint density at radius 2 is 1.62 bits per heavy atom. The molecule has 5 atom stereocenters. The van der Waals surface area contributed by atoms with E-state index in [1.807, 2.05) is 48.5 Å². The molecule has 56 heavy (non-hydrogen) atoms. The van der Waals surface area contributed by atoms with E-state index in [2.05, 4.69) is 20.9 Å². The van der Waals surface area contributed by atoms with Gasteiger partial charge in [-0.05, 0) is 74.1 Å². The van der Waals surface area contributed by atoms with Crippen molar-refractivity contribution in [3.05, 3.63) is 71.8 Å². The van der Waals surface area contributed by atoms with Crippen molar-refractivity contribution in [1.82, 2.24) is 20.9 Å². The predicted octanol–water partition coefficient (Wildman–Crippen LogP) is 3.11. The zero-order valence-electron chi connectivity index (χ0n) is 31.8. The highest BCUT2D eigenvalue weighted by atomic mass is 16.5. The number of carbonyl (C=O) groups is 6. The Hall–Kier alpha value is -5.73. The number of aliphatic imine (C=N–C) groups is 1. The van der Waals surface area contributed by atoms with Crippen LogP contribution in [0.15, 0.2) is 65.7 Å². The number of fused-ring (bicyclic) bond motifs is 4. The molecule has 0 radical (unpaired) electrons. The van der Waals surface area contributed by atoms with Gasteiger partial charge in [-0.3, -0.25) is 24.2 Å². The number of hydrogen-bond donors (Lipinski definition) is 6. The van der Waals surface area contributed by atoms with Crippen LogP contribution in [0, 0.1) is 5.92 Å². The van der Waals surface area contributed by atoms with Crippen LogP contribution in [0.25, 0.3) is 11.1 Å². The van der Waals surface area contributed by atoms with Crippen molar-refractivity contribution in [2.24, 2.45) is 22.4 Å². The zero-order valence-corrected chi connectivity index (χ0v) is 31.8. The van der Waals surface area contributed by atoms with Crippen molar-refractivity contribution in [2.45, 2.75) is 101 Å². The molecule has 0 bridgehead atoms. The summed E-state index contributed by atoms with van der Waals surface area (Å²) in [6.45, 7) is 2.28. The minimum absolute atomic E-state index is 0.0341. The van der Waals surface area contributed by atoms with E-state index in [0.717, 1.165) is 22.3 Å². The van der Waals surface area contributed by atoms with E-state index in [4.69, 9.17) is 16.2 Å². The molecule has 2 aliphatic heterocycles. The predicted molar refractivity (Wildman–Crippen MR) is 209 cm³/mol. The largest absolute Gasteiger partial charge is 0.480 e. The number of rotatable bonds is 10. The van der Waals surface area contributed by atoms with E-state index in [9.17, 15) is 33.9 Å². The number of ether oxygens (including phenoxy) is 1. The smallest absolute Gasteiger partial charge is 0.407 e. The molecule has 0 aromatic heterocycles. The second kappa shape index (κ2) is 19.7. The van der Waals surface area contributed by atoms with E-state index in [1.165, 1.54) is 4.90 Å². The lowest BCUT2D eigenvalue weighted by Crippen LogP contribution is -2.55. The molecular formula is C41H53N7O8. The van der Waals surface area contributed by atoms with Crippen LogP contribution in [0.3, 0.4) is 0 Å². The summed E-state index contributed by atoms with van der Waals surface area (Å²) in [4.78, 5) is 86.6. The Morgan fingerprint density at radius 3 is 2.29 bits per heavy atom. The van der Waals surface area contributed by atoms with Gasteiger partial charge in [-0.1, -0.05) is 73.5 Å². The molecule has 1 unspecified atom stereocenters. The molecule has 15 heteroatoms. The third kappa shape index (κ3) is 10.5. The maximum atomic E-state index is 14.2. The van der Waals surface area contributed by atoms with Gasteiger partial charge in [-0.2, -0.15) is 0 Å². The van der Waals surface area contributed by atoms with Crippen molar-refractivity contribution in [1.29, 1.82) is 0 Å². The van der Waals surface area contributed by atoms with Crippen LogP contribution in [0.4, 0.5) is 4.79 Å². The maximum absolute atomic E-state index is 14.2. The first-order valence-electron chi connectivity index (χ1n) is 19.4. The molecule has 4 amide bonds. The number of nitrogens with zero attached hydrogens (tertiary/aromatic N) is 2. The van der Waals surface area contributed by atoms with Gasteiger partial charge in [0.05, 0.1) is 6.04 Å². The van der Waals surface area contributed by atoms with E-state index in [1.54, 1.807) is 19.1 Å². The fourth-order valence-electron chi connectivity index (χ4n) is 7.85. The van der Waals surface area contributed by atoms with E-state index < -0.39 is 65.7 Å². The van der Waals surface area contributed by atoms with Crippen LogP contribution in [0.5, 0.6) is 0 Å². The third-order valence-corrected chi connectivity index (χ3v) is 10.8. The molecule has 0 spiro atoms. The van der Waals surface area contributed by atoms with Crippen LogP contribution in [0.1, 0.15) is 88.2 Å². The number of guanidine groups is 1. The van der Waals surface area contributed by atoms with E-state index in [-0.39, 0.29) is 70.1 Å². The van der Waals surface area contributed by atoms with Crippen LogP contribution >= 0.6 is 0 Å². The average molecular weight is 772 g/mol. The lowest BCUT2D eigenvalue weighted by atomic mass is 9.91. The van der Waals surface area contributed by atoms with Gasteiger partial charge in [0.2, 0.25) is 17.7 Å². The lowest BCUT2D eigenvalue weighted by molar-refractivity contribution is -0.143. The van der Waals surface area contributed by atoms with Crippen molar-refractivity contribution >= 4 is 41.5 Å². The second-order valence-electron chi connectivity index (χ2n) is 14.6. The fraction of sp³-hybridized carbons (Fsp3) is 0.488. The maximum Gasteiger partial charge on any atom is 0.407 e. The number of carboxylic acids is 1. The van der Waals surface area contributed by atoms with Crippen LogP contribution in [0.2, 0.25) is 0 Å². The van der Waals surface area contributed by atoms with Crippen molar-refractivity contribution in [3.8, 4) is 11.1 Å². The second-order valence-corrected chi connectivity index (χ2v) is 14.6. The summed E-state index contributed by atoms with van der Waals surface area (Å²) in [6.07, 6.45) is 4.77. The minimum Gasteiger partial charge on any atom is -0.480 e. The van der Waals surface area contributed by atoms with Crippen molar-refractivity contribution < 1.29 is 38.6 Å². The van der Waals surface area contributed by atoms with E-state index >= 15 is 0 Å². The first kappa shape index (κ1) is 41.4. The SMILES string of the molecule is CC=CC[C@@H]1NC(=O)C2CCCN2C(=O)[C@@H](NC(=O)OCC2c3ccccc3-c3ccccc32)CCCC[C@@H](C(=O)O)NC(=O)[C@H](CCCN=C(N)N)CC1=O. The Morgan fingerprint density at radius 1 is 0.946 bits per heavy atom. The van der Waals surface area contributed by atoms with Gasteiger partial charge in [0.1, 0.15) is 24.7 Å². The molecule has 1 aliphatic carbocycles. The number of amides is 4. The Labute approximate surface area is 326 Å². The third-order valence-electron chi connectivity index (χ3n) is 10.8. The summed E-state index contributed by atoms with van der Waals surface area (Å²) in [5, 5.41) is 18.2. The summed E-state index contributed by atoms with van der Waals surface area (Å²) in [7, 11) is 0. The van der Waals surface area contributed by atoms with Gasteiger partial charge in [0, 0.05) is 31.3 Å². The molecule has 8 N–H and O–H groups in total. The summed E-state index contributed by atoms with van der Waals surface area (Å²) in [5.41, 5.74) is 15.1. The number of aliphatic carboxylic acids is 1. The number of hydrogen-bond acceptors (Lipinski definition) is 8. The molecule has 3 aliphatic rings. The molecule has 2 saturated heterocycles. The summed E-state index contributed by atoms with van der Waals surface area (Å²) in [5.74, 6) is -4.48. The van der Waals surface area contributed by atoms with Gasteiger partial charge in [-0.25, -0.2) is 9.59 Å². The van der Waals surface area contributed by atoms with Crippen LogP contribution in [-0.4, -0.2) is 95.4 Å². The highest BCUT2D eigenvalue weighted by molar-refractivity contribution is 5.96. The molecule has 300 valence electrons. The minimum atomic E-state index is -1.26. The number of Topliss-reactive ketones (excluding diaryl/α,β-unsaturated/α-hetero) is 1. The van der Waals surface area contributed by atoms with Crippen LogP contribution < -0.4 is 27.4 Å². The first-order chi connectivity index (χ1) is 27.0. The Balaban J connectivity index is 1.35. The number of alkyl carbamates (subject to hydrolysis) is 1. The topological polar surface area (TPSA) is 236 Å². The van der Waals surface area contributed by atoms with Crippen molar-refractivity contribution in [2.75, 3.05) is 19.7 Å². The quantitative estimate of drug-likeness (QED) is 0.0894. The monoisotopic (exact) mass is 771 g/mol. The van der Waals surface area contributed by atoms with Crippen molar-refractivity contribution in [3.63, 3.8) is 0 Å². The normalized spacial score (nSPS) is 23.7. The summed E-state index contributed by atoms with van der Waals surface area (Å²) < 4.78 is 5.77. The number of nitrogens with two attached hydrogens (primary N) is 2. The highest BCUT2D eigenvalue weighted by Crippen LogP contribution is 2.44. The standard InChI is InChI=1S/C41H53N7O8/c1-2-3-17-31-35(49)23-25(12-10-21-44-40(42)43)36(50)46-33(39(53)54)19-9-8-18-32(38(52)48-22-11-20-34(48)37(51)45-31)47-41(55)56-24-30-28-15-6-4-13-26(28)27-14-5-7-16-29(27)30/h2-7,13-16,25,30-34H,8-12,17-24H2,1H3,(H,45,51)(H,46,50)(H,47,55)(H,53,54)(H4,42,43,44)/t25-,31+,32+,33+,34?/m1/s1. The van der Waals surface area contributed by atoms with Gasteiger partial charge in [-0.15, -0.1) is 0 Å².